The van der Waals surface area contributed by atoms with Crippen molar-refractivity contribution >= 4 is 46.6 Å². The van der Waals surface area contributed by atoms with Crippen LogP contribution in [0.15, 0.2) is 48.5 Å². The van der Waals surface area contributed by atoms with Crippen LogP contribution in [0.4, 0.5) is 5.69 Å². The molecular weight excluding hydrogens is 453 g/mol. The first kappa shape index (κ1) is 22.4. The van der Waals surface area contributed by atoms with Crippen molar-refractivity contribution in [3.8, 4) is 0 Å². The Morgan fingerprint density at radius 1 is 1.06 bits per heavy atom. The zero-order valence-corrected chi connectivity index (χ0v) is 18.5. The van der Waals surface area contributed by atoms with Gasteiger partial charge in [-0.1, -0.05) is 53.5 Å². The van der Waals surface area contributed by atoms with Crippen molar-refractivity contribution in [2.24, 2.45) is 11.8 Å². The van der Waals surface area contributed by atoms with E-state index in [0.29, 0.717) is 28.7 Å². The van der Waals surface area contributed by atoms with Crippen molar-refractivity contribution in [3.05, 3.63) is 64.1 Å². The summed E-state index contributed by atoms with van der Waals surface area (Å²) in [4.78, 5) is 38.0. The predicted molar refractivity (Wildman–Crippen MR) is 122 cm³/mol. The molecule has 2 aliphatic heterocycles. The van der Waals surface area contributed by atoms with Gasteiger partial charge in [-0.2, -0.15) is 0 Å². The highest BCUT2D eigenvalue weighted by molar-refractivity contribution is 6.36. The second kappa shape index (κ2) is 9.77. The lowest BCUT2D eigenvalue weighted by Gasteiger charge is -2.43. The molecule has 168 valence electrons. The molecule has 8 nitrogen and oxygen atoms in total. The van der Waals surface area contributed by atoms with Crippen molar-refractivity contribution in [1.82, 2.24) is 21.3 Å². The SMILES string of the molecule is O=C1CC(C(=O)NCCc2ccccc2)C2C(=O)NC(Nc3ccc(Cl)cc3Cl)NC2N1. The number of anilines is 1. The van der Waals surface area contributed by atoms with Crippen LogP contribution in [0, 0.1) is 11.8 Å². The van der Waals surface area contributed by atoms with E-state index in [9.17, 15) is 14.4 Å². The highest BCUT2D eigenvalue weighted by Crippen LogP contribution is 2.29. The first-order valence-electron chi connectivity index (χ1n) is 10.3. The van der Waals surface area contributed by atoms with Crippen molar-refractivity contribution in [2.45, 2.75) is 25.3 Å². The van der Waals surface area contributed by atoms with Crippen LogP contribution >= 0.6 is 23.2 Å². The van der Waals surface area contributed by atoms with Crippen LogP contribution < -0.4 is 26.6 Å². The third-order valence-corrected chi connectivity index (χ3v) is 6.12. The van der Waals surface area contributed by atoms with Gasteiger partial charge < -0.3 is 21.3 Å². The maximum Gasteiger partial charge on any atom is 0.229 e. The van der Waals surface area contributed by atoms with Gasteiger partial charge in [0.05, 0.1) is 28.7 Å². The Hall–Kier alpha value is -2.81. The van der Waals surface area contributed by atoms with Crippen LogP contribution in [0.5, 0.6) is 0 Å². The number of hydrogen-bond acceptors (Lipinski definition) is 5. The number of benzene rings is 2. The molecule has 0 aliphatic carbocycles. The summed E-state index contributed by atoms with van der Waals surface area (Å²) in [5, 5.41) is 15.5. The molecule has 0 spiro atoms. The molecular formula is C22H23Cl2N5O3. The van der Waals surface area contributed by atoms with Crippen LogP contribution in [0.3, 0.4) is 0 Å². The number of hydrogen-bond donors (Lipinski definition) is 5. The summed E-state index contributed by atoms with van der Waals surface area (Å²) in [6, 6.07) is 14.7. The van der Waals surface area contributed by atoms with Gasteiger partial charge in [0.1, 0.15) is 0 Å². The van der Waals surface area contributed by atoms with E-state index in [2.05, 4.69) is 26.6 Å². The predicted octanol–water partition coefficient (Wildman–Crippen LogP) is 1.85. The molecule has 4 rings (SSSR count). The summed E-state index contributed by atoms with van der Waals surface area (Å²) in [5.41, 5.74) is 1.66. The van der Waals surface area contributed by atoms with Crippen molar-refractivity contribution in [2.75, 3.05) is 11.9 Å². The summed E-state index contributed by atoms with van der Waals surface area (Å²) in [6.07, 6.45) is -0.770. The quantitative estimate of drug-likeness (QED) is 0.437. The lowest BCUT2D eigenvalue weighted by Crippen LogP contribution is -2.72. The monoisotopic (exact) mass is 475 g/mol. The Kier molecular flexibility index (Phi) is 6.83. The summed E-state index contributed by atoms with van der Waals surface area (Å²) in [6.45, 7) is 0.423. The topological polar surface area (TPSA) is 111 Å². The second-order valence-corrected chi connectivity index (χ2v) is 8.63. The van der Waals surface area contributed by atoms with E-state index in [-0.39, 0.29) is 24.1 Å². The number of carbonyl (C=O) groups is 3. The molecule has 2 saturated heterocycles. The summed E-state index contributed by atoms with van der Waals surface area (Å²) >= 11 is 12.1. The summed E-state index contributed by atoms with van der Waals surface area (Å²) in [5.74, 6) is -2.44. The average molecular weight is 476 g/mol. The second-order valence-electron chi connectivity index (χ2n) is 7.78. The first-order valence-corrected chi connectivity index (χ1v) is 11.1. The molecule has 4 atom stereocenters. The number of amides is 3. The number of nitrogens with one attached hydrogen (secondary N) is 5. The normalized spacial score (nSPS) is 24.7. The molecule has 2 heterocycles. The highest BCUT2D eigenvalue weighted by atomic mass is 35.5. The highest BCUT2D eigenvalue weighted by Gasteiger charge is 2.48. The molecule has 0 aromatic heterocycles. The van der Waals surface area contributed by atoms with Crippen molar-refractivity contribution in [3.63, 3.8) is 0 Å². The lowest BCUT2D eigenvalue weighted by molar-refractivity contribution is -0.146. The molecule has 2 fully saturated rings. The third kappa shape index (κ3) is 5.15. The van der Waals surface area contributed by atoms with Gasteiger partial charge in [0, 0.05) is 18.0 Å². The first-order chi connectivity index (χ1) is 15.4. The Balaban J connectivity index is 1.40. The van der Waals surface area contributed by atoms with E-state index >= 15 is 0 Å². The molecule has 10 heteroatoms. The van der Waals surface area contributed by atoms with E-state index < -0.39 is 24.3 Å². The molecule has 0 bridgehead atoms. The number of carbonyl (C=O) groups excluding carboxylic acids is 3. The molecule has 32 heavy (non-hydrogen) atoms. The summed E-state index contributed by atoms with van der Waals surface area (Å²) < 4.78 is 0. The van der Waals surface area contributed by atoms with Crippen LogP contribution in [0.1, 0.15) is 12.0 Å². The number of halogens is 2. The minimum absolute atomic E-state index is 0.0471. The van der Waals surface area contributed by atoms with Gasteiger partial charge in [0.2, 0.25) is 17.7 Å². The number of rotatable bonds is 6. The minimum Gasteiger partial charge on any atom is -0.355 e. The fourth-order valence-corrected chi connectivity index (χ4v) is 4.48. The molecule has 0 saturated carbocycles. The van der Waals surface area contributed by atoms with Crippen molar-refractivity contribution < 1.29 is 14.4 Å². The van der Waals surface area contributed by atoms with Crippen molar-refractivity contribution in [1.29, 1.82) is 0 Å². The third-order valence-electron chi connectivity index (χ3n) is 5.57. The van der Waals surface area contributed by atoms with Gasteiger partial charge in [-0.25, -0.2) is 0 Å². The summed E-state index contributed by atoms with van der Waals surface area (Å²) in [7, 11) is 0. The van der Waals surface area contributed by atoms with Crippen LogP contribution in [0.2, 0.25) is 10.0 Å². The number of fused-ring (bicyclic) bond motifs is 1. The molecule has 4 unspecified atom stereocenters. The van der Waals surface area contributed by atoms with E-state index in [1.807, 2.05) is 30.3 Å². The molecule has 0 radical (unpaired) electrons. The van der Waals surface area contributed by atoms with Gasteiger partial charge in [-0.05, 0) is 30.2 Å². The molecule has 2 aromatic rings. The minimum atomic E-state index is -0.767. The van der Waals surface area contributed by atoms with Gasteiger partial charge in [0.15, 0.2) is 6.29 Å². The van der Waals surface area contributed by atoms with E-state index in [4.69, 9.17) is 23.2 Å². The molecule has 2 aliphatic rings. The van der Waals surface area contributed by atoms with E-state index in [1.165, 1.54) is 0 Å². The van der Waals surface area contributed by atoms with Crippen LogP contribution in [0.25, 0.3) is 0 Å². The fourth-order valence-electron chi connectivity index (χ4n) is 4.02. The van der Waals surface area contributed by atoms with Crippen LogP contribution in [-0.4, -0.2) is 36.7 Å². The van der Waals surface area contributed by atoms with E-state index in [1.54, 1.807) is 18.2 Å². The zero-order chi connectivity index (χ0) is 22.7. The molecule has 2 aromatic carbocycles. The fraction of sp³-hybridized carbons (Fsp3) is 0.318. The zero-order valence-electron chi connectivity index (χ0n) is 17.0. The Morgan fingerprint density at radius 2 is 1.84 bits per heavy atom. The molecule has 3 amide bonds. The maximum atomic E-state index is 12.9. The largest absolute Gasteiger partial charge is 0.355 e. The van der Waals surface area contributed by atoms with Gasteiger partial charge in [-0.3, -0.25) is 19.7 Å². The van der Waals surface area contributed by atoms with Gasteiger partial charge in [-0.15, -0.1) is 0 Å². The maximum absolute atomic E-state index is 12.9. The van der Waals surface area contributed by atoms with Gasteiger partial charge in [0.25, 0.3) is 0 Å². The lowest BCUT2D eigenvalue weighted by atomic mass is 9.81. The van der Waals surface area contributed by atoms with Crippen LogP contribution in [-0.2, 0) is 20.8 Å². The Bertz CT molecular complexity index is 1020. The number of piperidine rings is 1. The molecule has 5 N–H and O–H groups in total. The standard InChI is InChI=1S/C22H23Cl2N5O3/c23-13-6-7-16(15(24)10-13)26-22-28-19-18(21(32)29-22)14(11-17(30)27-19)20(31)25-9-8-12-4-2-1-3-5-12/h1-7,10,14,18-19,22,26,28H,8-9,11H2,(H,25,31)(H,27,30)(H,29,32). The van der Waals surface area contributed by atoms with Gasteiger partial charge >= 0.3 is 0 Å². The smallest absolute Gasteiger partial charge is 0.229 e. The van der Waals surface area contributed by atoms with E-state index in [0.717, 1.165) is 5.56 Å². The Morgan fingerprint density at radius 3 is 2.59 bits per heavy atom. The Labute approximate surface area is 195 Å². The average Bonchev–Trinajstić information content (AvgIpc) is 2.75.